The molecule has 0 bridgehead atoms. The van der Waals surface area contributed by atoms with Gasteiger partial charge in [0.1, 0.15) is 4.88 Å². The number of anilines is 1. The summed E-state index contributed by atoms with van der Waals surface area (Å²) in [6.45, 7) is 3.71. The third kappa shape index (κ3) is 3.37. The molecule has 8 heteroatoms. The molecule has 0 fully saturated rings. The monoisotopic (exact) mass is 406 g/mol. The van der Waals surface area contributed by atoms with Crippen LogP contribution in [0.25, 0.3) is 0 Å². The van der Waals surface area contributed by atoms with Crippen molar-refractivity contribution in [3.05, 3.63) is 32.2 Å². The topological polar surface area (TPSA) is 81.4 Å². The number of halogens is 1. The molecule has 0 saturated heterocycles. The van der Waals surface area contributed by atoms with Crippen LogP contribution < -0.4 is 5.32 Å². The SMILES string of the molecule is CCOC(=O)c1sc(NC(=O)c2ccc(I)o2)nc1C. The highest BCUT2D eigenvalue weighted by atomic mass is 127. The summed E-state index contributed by atoms with van der Waals surface area (Å²) < 4.78 is 10.7. The van der Waals surface area contributed by atoms with Crippen LogP contribution >= 0.6 is 33.9 Å². The van der Waals surface area contributed by atoms with Gasteiger partial charge in [-0.1, -0.05) is 11.3 Å². The first-order valence-corrected chi connectivity index (χ1v) is 7.62. The maximum atomic E-state index is 11.9. The molecule has 0 aliphatic carbocycles. The Hall–Kier alpha value is -1.42. The van der Waals surface area contributed by atoms with E-state index in [0.717, 1.165) is 11.3 Å². The lowest BCUT2D eigenvalue weighted by molar-refractivity contribution is 0.0531. The molecule has 2 aromatic heterocycles. The minimum Gasteiger partial charge on any atom is -0.462 e. The molecule has 106 valence electrons. The van der Waals surface area contributed by atoms with Crippen molar-refractivity contribution in [2.75, 3.05) is 11.9 Å². The van der Waals surface area contributed by atoms with E-state index < -0.39 is 11.9 Å². The lowest BCUT2D eigenvalue weighted by Crippen LogP contribution is -2.10. The second-order valence-electron chi connectivity index (χ2n) is 3.71. The summed E-state index contributed by atoms with van der Waals surface area (Å²) in [5, 5.41) is 2.93. The van der Waals surface area contributed by atoms with Crippen molar-refractivity contribution < 1.29 is 18.7 Å². The van der Waals surface area contributed by atoms with Gasteiger partial charge in [-0.05, 0) is 48.6 Å². The number of aromatic nitrogens is 1. The highest BCUT2D eigenvalue weighted by Crippen LogP contribution is 2.24. The van der Waals surface area contributed by atoms with Crippen molar-refractivity contribution in [2.24, 2.45) is 0 Å². The summed E-state index contributed by atoms with van der Waals surface area (Å²) in [5.41, 5.74) is 0.526. The van der Waals surface area contributed by atoms with E-state index in [9.17, 15) is 9.59 Å². The first-order valence-electron chi connectivity index (χ1n) is 5.72. The zero-order chi connectivity index (χ0) is 14.7. The van der Waals surface area contributed by atoms with E-state index in [0.29, 0.717) is 26.1 Å². The van der Waals surface area contributed by atoms with Crippen LogP contribution in [0.15, 0.2) is 16.5 Å². The summed E-state index contributed by atoms with van der Waals surface area (Å²) in [5.74, 6) is -0.646. The normalized spacial score (nSPS) is 10.3. The number of furan rings is 1. The molecule has 0 spiro atoms. The third-order valence-electron chi connectivity index (χ3n) is 2.27. The van der Waals surface area contributed by atoms with Crippen LogP contribution in [0.4, 0.5) is 5.13 Å². The Labute approximate surface area is 132 Å². The molecule has 2 aromatic rings. The van der Waals surface area contributed by atoms with Crippen molar-refractivity contribution in [2.45, 2.75) is 13.8 Å². The van der Waals surface area contributed by atoms with Gasteiger partial charge in [0.2, 0.25) is 0 Å². The first kappa shape index (κ1) is 15.0. The molecule has 20 heavy (non-hydrogen) atoms. The molecule has 0 radical (unpaired) electrons. The van der Waals surface area contributed by atoms with Crippen molar-refractivity contribution >= 4 is 50.9 Å². The molecule has 0 atom stereocenters. The van der Waals surface area contributed by atoms with E-state index in [2.05, 4.69) is 10.3 Å². The zero-order valence-electron chi connectivity index (χ0n) is 10.7. The van der Waals surface area contributed by atoms with Gasteiger partial charge in [0.15, 0.2) is 14.7 Å². The molecule has 6 nitrogen and oxygen atoms in total. The first-order chi connectivity index (χ1) is 9.51. The van der Waals surface area contributed by atoms with Gasteiger partial charge in [-0.2, -0.15) is 0 Å². The number of esters is 1. The van der Waals surface area contributed by atoms with Gasteiger partial charge in [-0.25, -0.2) is 9.78 Å². The number of thiazole rings is 1. The number of hydrogen-bond acceptors (Lipinski definition) is 6. The van der Waals surface area contributed by atoms with Gasteiger partial charge >= 0.3 is 5.97 Å². The lowest BCUT2D eigenvalue weighted by Gasteiger charge is -1.98. The van der Waals surface area contributed by atoms with E-state index in [-0.39, 0.29) is 5.76 Å². The number of aryl methyl sites for hydroxylation is 1. The maximum Gasteiger partial charge on any atom is 0.350 e. The van der Waals surface area contributed by atoms with E-state index in [1.165, 1.54) is 0 Å². The average molecular weight is 406 g/mol. The number of nitrogens with zero attached hydrogens (tertiary/aromatic N) is 1. The minimum absolute atomic E-state index is 0.194. The molecular formula is C12H11IN2O4S. The summed E-state index contributed by atoms with van der Waals surface area (Å²) >= 11 is 3.05. The van der Waals surface area contributed by atoms with Gasteiger partial charge in [0.25, 0.3) is 5.91 Å². The van der Waals surface area contributed by atoms with Crippen LogP contribution in [0.3, 0.4) is 0 Å². The Morgan fingerprint density at radius 2 is 2.25 bits per heavy atom. The van der Waals surface area contributed by atoms with Crippen LogP contribution in [0.2, 0.25) is 0 Å². The van der Waals surface area contributed by atoms with Crippen LogP contribution in [0.1, 0.15) is 32.8 Å². The van der Waals surface area contributed by atoms with Gasteiger partial charge < -0.3 is 9.15 Å². The third-order valence-corrected chi connectivity index (χ3v) is 3.91. The summed E-state index contributed by atoms with van der Waals surface area (Å²) in [7, 11) is 0. The van der Waals surface area contributed by atoms with Crippen molar-refractivity contribution in [3.8, 4) is 0 Å². The smallest absolute Gasteiger partial charge is 0.350 e. The second kappa shape index (κ2) is 6.35. The molecule has 1 N–H and O–H groups in total. The van der Waals surface area contributed by atoms with E-state index in [4.69, 9.17) is 9.15 Å². The quantitative estimate of drug-likeness (QED) is 0.624. The molecule has 0 aliphatic rings. The van der Waals surface area contributed by atoms with Crippen molar-refractivity contribution in [1.82, 2.24) is 4.98 Å². The van der Waals surface area contributed by atoms with E-state index >= 15 is 0 Å². The zero-order valence-corrected chi connectivity index (χ0v) is 13.7. The number of amides is 1. The number of rotatable bonds is 4. The summed E-state index contributed by atoms with van der Waals surface area (Å²) in [6, 6.07) is 3.26. The molecule has 0 unspecified atom stereocenters. The number of carbonyl (C=O) groups is 2. The predicted octanol–water partition coefficient (Wildman–Crippen LogP) is 3.08. The molecule has 2 rings (SSSR count). The van der Waals surface area contributed by atoms with Gasteiger partial charge in [0, 0.05) is 0 Å². The number of carbonyl (C=O) groups excluding carboxylic acids is 2. The fourth-order valence-electron chi connectivity index (χ4n) is 1.43. The van der Waals surface area contributed by atoms with Crippen LogP contribution in [0.5, 0.6) is 0 Å². The Balaban J connectivity index is 2.12. The maximum absolute atomic E-state index is 11.9. The van der Waals surface area contributed by atoms with Crippen LogP contribution in [0, 0.1) is 10.7 Å². The molecule has 0 aliphatic heterocycles. The van der Waals surface area contributed by atoms with Crippen molar-refractivity contribution in [3.63, 3.8) is 0 Å². The van der Waals surface area contributed by atoms with Crippen molar-refractivity contribution in [1.29, 1.82) is 0 Å². The van der Waals surface area contributed by atoms with Crippen LogP contribution in [-0.4, -0.2) is 23.5 Å². The van der Waals surface area contributed by atoms with Gasteiger partial charge in [-0.3, -0.25) is 10.1 Å². The number of nitrogens with one attached hydrogen (secondary N) is 1. The molecule has 2 heterocycles. The van der Waals surface area contributed by atoms with Crippen LogP contribution in [-0.2, 0) is 4.74 Å². The lowest BCUT2D eigenvalue weighted by atomic mass is 10.4. The standard InChI is InChI=1S/C12H11IN2O4S/c1-3-18-11(17)9-6(2)14-12(20-9)15-10(16)7-4-5-8(13)19-7/h4-5H,3H2,1-2H3,(H,14,15,16). The highest BCUT2D eigenvalue weighted by Gasteiger charge is 2.19. The molecular weight excluding hydrogens is 395 g/mol. The Morgan fingerprint density at radius 1 is 1.50 bits per heavy atom. The van der Waals surface area contributed by atoms with Gasteiger partial charge in [-0.15, -0.1) is 0 Å². The Morgan fingerprint density at radius 3 is 2.85 bits per heavy atom. The highest BCUT2D eigenvalue weighted by molar-refractivity contribution is 14.1. The fourth-order valence-corrected chi connectivity index (χ4v) is 2.70. The van der Waals surface area contributed by atoms with Gasteiger partial charge in [0.05, 0.1) is 12.3 Å². The molecule has 1 amide bonds. The summed E-state index contributed by atoms with van der Waals surface area (Å²) in [6.07, 6.45) is 0. The molecule has 0 saturated carbocycles. The Bertz CT molecular complexity index is 650. The molecule has 0 aromatic carbocycles. The Kier molecular flexibility index (Phi) is 4.76. The number of ether oxygens (including phenoxy) is 1. The second-order valence-corrected chi connectivity index (χ2v) is 5.77. The minimum atomic E-state index is -0.435. The predicted molar refractivity (Wildman–Crippen MR) is 82.2 cm³/mol. The average Bonchev–Trinajstić information content (AvgIpc) is 2.96. The van der Waals surface area contributed by atoms with E-state index in [1.807, 2.05) is 22.6 Å². The largest absolute Gasteiger partial charge is 0.462 e. The fraction of sp³-hybridized carbons (Fsp3) is 0.250. The summed E-state index contributed by atoms with van der Waals surface area (Å²) in [4.78, 5) is 28.1. The number of hydrogen-bond donors (Lipinski definition) is 1. The van der Waals surface area contributed by atoms with E-state index in [1.54, 1.807) is 26.0 Å².